The van der Waals surface area contributed by atoms with E-state index in [0.29, 0.717) is 28.9 Å². The van der Waals surface area contributed by atoms with E-state index in [1.54, 1.807) is 18.2 Å². The van der Waals surface area contributed by atoms with Crippen LogP contribution in [0.1, 0.15) is 24.2 Å². The quantitative estimate of drug-likeness (QED) is 0.804. The van der Waals surface area contributed by atoms with Crippen molar-refractivity contribution in [1.82, 2.24) is 10.2 Å². The fourth-order valence-electron chi connectivity index (χ4n) is 1.42. The van der Waals surface area contributed by atoms with Gasteiger partial charge in [-0.2, -0.15) is 0 Å². The molecule has 1 rings (SSSR count). The van der Waals surface area contributed by atoms with E-state index in [0.717, 1.165) is 6.54 Å². The molecule has 1 amide bonds. The second kappa shape index (κ2) is 6.61. The Balaban J connectivity index is 2.53. The van der Waals surface area contributed by atoms with Crippen LogP contribution in [0.15, 0.2) is 18.2 Å². The van der Waals surface area contributed by atoms with E-state index in [1.165, 1.54) is 0 Å². The highest BCUT2D eigenvalue weighted by molar-refractivity contribution is 6.31. The Morgan fingerprint density at radius 3 is 2.78 bits per heavy atom. The predicted octanol–water partition coefficient (Wildman–Crippen LogP) is 1.99. The number of hydrogen-bond donors (Lipinski definition) is 2. The van der Waals surface area contributed by atoms with Crippen LogP contribution >= 0.6 is 11.6 Å². The van der Waals surface area contributed by atoms with Gasteiger partial charge >= 0.3 is 0 Å². The summed E-state index contributed by atoms with van der Waals surface area (Å²) in [5.41, 5.74) is 6.60. The maximum absolute atomic E-state index is 11.9. The van der Waals surface area contributed by atoms with E-state index in [9.17, 15) is 4.79 Å². The molecule has 0 aliphatic rings. The summed E-state index contributed by atoms with van der Waals surface area (Å²) in [5.74, 6) is -0.188. The smallest absolute Gasteiger partial charge is 0.253 e. The van der Waals surface area contributed by atoms with Gasteiger partial charge < -0.3 is 16.0 Å². The molecule has 0 saturated heterocycles. The van der Waals surface area contributed by atoms with Crippen LogP contribution in [0.4, 0.5) is 5.69 Å². The fraction of sp³-hybridized carbons (Fsp3) is 0.462. The second-order valence-corrected chi connectivity index (χ2v) is 5.00. The summed E-state index contributed by atoms with van der Waals surface area (Å²) in [4.78, 5) is 14.1. The van der Waals surface area contributed by atoms with Gasteiger partial charge in [-0.25, -0.2) is 0 Å². The van der Waals surface area contributed by atoms with Gasteiger partial charge in [-0.1, -0.05) is 11.6 Å². The molecule has 0 fully saturated rings. The Bertz CT molecular complexity index is 421. The van der Waals surface area contributed by atoms with Crippen LogP contribution in [0.5, 0.6) is 0 Å². The van der Waals surface area contributed by atoms with E-state index >= 15 is 0 Å². The predicted molar refractivity (Wildman–Crippen MR) is 76.0 cm³/mol. The first-order chi connectivity index (χ1) is 8.41. The molecule has 0 saturated carbocycles. The van der Waals surface area contributed by atoms with Crippen LogP contribution in [0.2, 0.25) is 5.02 Å². The molecule has 0 heterocycles. The highest BCUT2D eigenvalue weighted by Crippen LogP contribution is 2.17. The number of anilines is 1. The van der Waals surface area contributed by atoms with Crippen LogP contribution < -0.4 is 11.1 Å². The first-order valence-electron chi connectivity index (χ1n) is 5.95. The summed E-state index contributed by atoms with van der Waals surface area (Å²) in [6, 6.07) is 5.34. The van der Waals surface area contributed by atoms with Gasteiger partial charge in [-0.05, 0) is 39.1 Å². The molecule has 0 aromatic heterocycles. The summed E-state index contributed by atoms with van der Waals surface area (Å²) in [6.07, 6.45) is 0. The van der Waals surface area contributed by atoms with E-state index in [-0.39, 0.29) is 5.91 Å². The third kappa shape index (κ3) is 4.20. The number of rotatable bonds is 5. The molecule has 1 aromatic rings. The van der Waals surface area contributed by atoms with Gasteiger partial charge in [0.25, 0.3) is 5.91 Å². The zero-order valence-electron chi connectivity index (χ0n) is 11.0. The Labute approximate surface area is 113 Å². The highest BCUT2D eigenvalue weighted by atomic mass is 35.5. The minimum Gasteiger partial charge on any atom is -0.398 e. The summed E-state index contributed by atoms with van der Waals surface area (Å²) in [6.45, 7) is 5.59. The zero-order valence-corrected chi connectivity index (χ0v) is 11.8. The molecule has 0 atom stereocenters. The number of benzene rings is 1. The van der Waals surface area contributed by atoms with Crippen molar-refractivity contribution in [1.29, 1.82) is 0 Å². The van der Waals surface area contributed by atoms with Crippen molar-refractivity contribution in [3.05, 3.63) is 28.8 Å². The number of nitrogens with zero attached hydrogens (tertiary/aromatic N) is 1. The maximum atomic E-state index is 11.9. The number of amides is 1. The molecule has 100 valence electrons. The van der Waals surface area contributed by atoms with Gasteiger partial charge in [0.2, 0.25) is 0 Å². The lowest BCUT2D eigenvalue weighted by Crippen LogP contribution is -2.36. The molecule has 0 spiro atoms. The van der Waals surface area contributed by atoms with Crippen LogP contribution in [0, 0.1) is 0 Å². The molecule has 4 nitrogen and oxygen atoms in total. The van der Waals surface area contributed by atoms with E-state index < -0.39 is 0 Å². The molecular formula is C13H20ClN3O. The summed E-state index contributed by atoms with van der Waals surface area (Å²) in [7, 11) is 2.02. The standard InChI is InChI=1S/C13H20ClN3O/c1-9(2)17(3)7-6-16-13(18)11-8-10(14)4-5-12(11)15/h4-5,8-9H,6-7,15H2,1-3H3,(H,16,18). The molecule has 1 aromatic carbocycles. The zero-order chi connectivity index (χ0) is 13.7. The lowest BCUT2D eigenvalue weighted by molar-refractivity contribution is 0.0949. The van der Waals surface area contributed by atoms with Crippen molar-refractivity contribution >= 4 is 23.2 Å². The molecule has 3 N–H and O–H groups in total. The van der Waals surface area contributed by atoms with Crippen LogP contribution in [0.25, 0.3) is 0 Å². The minimum atomic E-state index is -0.188. The van der Waals surface area contributed by atoms with Crippen LogP contribution in [0.3, 0.4) is 0 Å². The number of hydrogen-bond acceptors (Lipinski definition) is 3. The average Bonchev–Trinajstić information content (AvgIpc) is 2.31. The number of carbonyl (C=O) groups excluding carboxylic acids is 1. The fourth-order valence-corrected chi connectivity index (χ4v) is 1.60. The molecule has 0 aliphatic carbocycles. The van der Waals surface area contributed by atoms with Gasteiger partial charge in [-0.15, -0.1) is 0 Å². The average molecular weight is 270 g/mol. The normalized spacial score (nSPS) is 11.0. The number of likely N-dealkylation sites (N-methyl/N-ethyl adjacent to an activating group) is 1. The summed E-state index contributed by atoms with van der Waals surface area (Å²) < 4.78 is 0. The SMILES string of the molecule is CC(C)N(C)CCNC(=O)c1cc(Cl)ccc1N. The van der Waals surface area contributed by atoms with Crippen LogP contribution in [-0.4, -0.2) is 37.0 Å². The van der Waals surface area contributed by atoms with Crippen molar-refractivity contribution in [3.8, 4) is 0 Å². The third-order valence-electron chi connectivity index (χ3n) is 2.89. The molecule has 0 aliphatic heterocycles. The van der Waals surface area contributed by atoms with E-state index in [4.69, 9.17) is 17.3 Å². The number of nitrogen functional groups attached to an aromatic ring is 1. The van der Waals surface area contributed by atoms with Gasteiger partial charge in [0.15, 0.2) is 0 Å². The molecular weight excluding hydrogens is 250 g/mol. The lowest BCUT2D eigenvalue weighted by atomic mass is 10.1. The van der Waals surface area contributed by atoms with Crippen molar-refractivity contribution in [2.24, 2.45) is 0 Å². The highest BCUT2D eigenvalue weighted by Gasteiger charge is 2.10. The first kappa shape index (κ1) is 14.8. The Morgan fingerprint density at radius 1 is 1.50 bits per heavy atom. The van der Waals surface area contributed by atoms with Gasteiger partial charge in [0, 0.05) is 29.8 Å². The first-order valence-corrected chi connectivity index (χ1v) is 6.33. The lowest BCUT2D eigenvalue weighted by Gasteiger charge is -2.21. The van der Waals surface area contributed by atoms with Gasteiger partial charge in [0.05, 0.1) is 5.56 Å². The van der Waals surface area contributed by atoms with Crippen molar-refractivity contribution in [2.75, 3.05) is 25.9 Å². The molecule has 0 bridgehead atoms. The third-order valence-corrected chi connectivity index (χ3v) is 3.13. The van der Waals surface area contributed by atoms with Crippen molar-refractivity contribution in [2.45, 2.75) is 19.9 Å². The number of nitrogens with one attached hydrogen (secondary N) is 1. The topological polar surface area (TPSA) is 58.4 Å². The number of nitrogens with two attached hydrogens (primary N) is 1. The van der Waals surface area contributed by atoms with Crippen LogP contribution in [-0.2, 0) is 0 Å². The Hall–Kier alpha value is -1.26. The Kier molecular flexibility index (Phi) is 5.44. The molecule has 18 heavy (non-hydrogen) atoms. The van der Waals surface area contributed by atoms with E-state index in [2.05, 4.69) is 24.1 Å². The van der Waals surface area contributed by atoms with Crippen molar-refractivity contribution < 1.29 is 4.79 Å². The van der Waals surface area contributed by atoms with Crippen molar-refractivity contribution in [3.63, 3.8) is 0 Å². The molecule has 0 radical (unpaired) electrons. The largest absolute Gasteiger partial charge is 0.398 e. The molecule has 0 unspecified atom stereocenters. The van der Waals surface area contributed by atoms with Gasteiger partial charge in [0.1, 0.15) is 0 Å². The summed E-state index contributed by atoms with van der Waals surface area (Å²) in [5, 5.41) is 3.34. The minimum absolute atomic E-state index is 0.188. The summed E-state index contributed by atoms with van der Waals surface area (Å²) >= 11 is 5.84. The second-order valence-electron chi connectivity index (χ2n) is 4.56. The maximum Gasteiger partial charge on any atom is 0.253 e. The Morgan fingerprint density at radius 2 is 2.17 bits per heavy atom. The van der Waals surface area contributed by atoms with E-state index in [1.807, 2.05) is 7.05 Å². The van der Waals surface area contributed by atoms with Gasteiger partial charge in [-0.3, -0.25) is 4.79 Å². The monoisotopic (exact) mass is 269 g/mol. The molecule has 5 heteroatoms. The number of halogens is 1. The number of carbonyl (C=O) groups is 1.